The highest BCUT2D eigenvalue weighted by atomic mass is 16.5. The summed E-state index contributed by atoms with van der Waals surface area (Å²) in [6.07, 6.45) is 1.44. The molecule has 0 aliphatic rings. The van der Waals surface area contributed by atoms with Crippen LogP contribution in [0.2, 0.25) is 0 Å². The predicted molar refractivity (Wildman–Crippen MR) is 107 cm³/mol. The Bertz CT molecular complexity index is 758. The molecule has 2 aromatic rings. The number of amides is 1. The van der Waals surface area contributed by atoms with E-state index >= 15 is 0 Å². The molecule has 0 spiro atoms. The van der Waals surface area contributed by atoms with Gasteiger partial charge in [-0.2, -0.15) is 0 Å². The molecule has 28 heavy (non-hydrogen) atoms. The lowest BCUT2D eigenvalue weighted by Gasteiger charge is -2.08. The molecule has 150 valence electrons. The summed E-state index contributed by atoms with van der Waals surface area (Å²) >= 11 is 0. The Morgan fingerprint density at radius 3 is 2.54 bits per heavy atom. The van der Waals surface area contributed by atoms with Gasteiger partial charge < -0.3 is 19.5 Å². The van der Waals surface area contributed by atoms with Crippen LogP contribution >= 0.6 is 0 Å². The van der Waals surface area contributed by atoms with E-state index in [0.29, 0.717) is 26.0 Å². The number of ether oxygens (including phenoxy) is 3. The largest absolute Gasteiger partial charge is 0.497 e. The third-order valence-corrected chi connectivity index (χ3v) is 4.04. The van der Waals surface area contributed by atoms with Crippen LogP contribution in [0.15, 0.2) is 48.5 Å². The van der Waals surface area contributed by atoms with Crippen molar-refractivity contribution in [2.45, 2.75) is 26.2 Å². The van der Waals surface area contributed by atoms with Gasteiger partial charge in [0.1, 0.15) is 11.5 Å². The quantitative estimate of drug-likeness (QED) is 0.475. The third kappa shape index (κ3) is 8.12. The Morgan fingerprint density at radius 1 is 1.04 bits per heavy atom. The monoisotopic (exact) mass is 385 g/mol. The molecule has 0 fully saturated rings. The lowest BCUT2D eigenvalue weighted by molar-refractivity contribution is -0.148. The van der Waals surface area contributed by atoms with E-state index in [1.807, 2.05) is 55.5 Å². The van der Waals surface area contributed by atoms with Crippen LogP contribution in [0.5, 0.6) is 11.5 Å². The van der Waals surface area contributed by atoms with Crippen molar-refractivity contribution in [1.82, 2.24) is 5.32 Å². The molecule has 0 radical (unpaired) electrons. The molecule has 0 heterocycles. The van der Waals surface area contributed by atoms with Crippen LogP contribution in [-0.2, 0) is 20.7 Å². The van der Waals surface area contributed by atoms with Gasteiger partial charge in [0.05, 0.1) is 13.7 Å². The number of hydrogen-bond acceptors (Lipinski definition) is 5. The molecular weight excluding hydrogens is 358 g/mol. The summed E-state index contributed by atoms with van der Waals surface area (Å²) in [5.41, 5.74) is 2.21. The molecule has 1 N–H and O–H groups in total. The summed E-state index contributed by atoms with van der Waals surface area (Å²) in [7, 11) is 1.62. The smallest absolute Gasteiger partial charge is 0.306 e. The Hall–Kier alpha value is -3.02. The minimum absolute atomic E-state index is 0.213. The molecule has 0 atom stereocenters. The van der Waals surface area contributed by atoms with Crippen molar-refractivity contribution in [3.63, 3.8) is 0 Å². The van der Waals surface area contributed by atoms with Gasteiger partial charge in [0, 0.05) is 13.0 Å². The van der Waals surface area contributed by atoms with E-state index in [-0.39, 0.29) is 18.9 Å². The minimum atomic E-state index is -0.404. The summed E-state index contributed by atoms with van der Waals surface area (Å²) in [4.78, 5) is 23.5. The average Bonchev–Trinajstić information content (AvgIpc) is 2.70. The Balaban J connectivity index is 1.53. The number of carbonyl (C=O) groups excluding carboxylic acids is 2. The van der Waals surface area contributed by atoms with Crippen LogP contribution < -0.4 is 14.8 Å². The van der Waals surface area contributed by atoms with Crippen LogP contribution in [0, 0.1) is 6.92 Å². The number of methoxy groups -OCH3 is 1. The highest BCUT2D eigenvalue weighted by molar-refractivity contribution is 5.80. The zero-order valence-corrected chi connectivity index (χ0v) is 16.4. The van der Waals surface area contributed by atoms with Gasteiger partial charge >= 0.3 is 5.97 Å². The number of nitrogens with one attached hydrogen (secondary N) is 1. The zero-order chi connectivity index (χ0) is 20.2. The van der Waals surface area contributed by atoms with Crippen molar-refractivity contribution < 1.29 is 23.8 Å². The molecule has 0 unspecified atom stereocenters. The first-order valence-corrected chi connectivity index (χ1v) is 9.31. The van der Waals surface area contributed by atoms with Crippen molar-refractivity contribution in [3.8, 4) is 11.5 Å². The van der Waals surface area contributed by atoms with Crippen molar-refractivity contribution in [1.29, 1.82) is 0 Å². The fourth-order valence-corrected chi connectivity index (χ4v) is 2.52. The van der Waals surface area contributed by atoms with Gasteiger partial charge in [0.25, 0.3) is 5.91 Å². The molecule has 2 rings (SSSR count). The summed E-state index contributed by atoms with van der Waals surface area (Å²) < 4.78 is 15.7. The normalized spacial score (nSPS) is 10.2. The molecule has 0 saturated carbocycles. The number of esters is 1. The van der Waals surface area contributed by atoms with Crippen LogP contribution in [0.3, 0.4) is 0 Å². The second kappa shape index (κ2) is 11.6. The van der Waals surface area contributed by atoms with Crippen LogP contribution in [-0.4, -0.2) is 38.7 Å². The van der Waals surface area contributed by atoms with Gasteiger partial charge in [-0.15, -0.1) is 0 Å². The van der Waals surface area contributed by atoms with Gasteiger partial charge in [-0.3, -0.25) is 9.59 Å². The third-order valence-electron chi connectivity index (χ3n) is 4.04. The highest BCUT2D eigenvalue weighted by Gasteiger charge is 2.07. The molecule has 0 aliphatic carbocycles. The second-order valence-electron chi connectivity index (χ2n) is 6.38. The van der Waals surface area contributed by atoms with Crippen molar-refractivity contribution in [2.24, 2.45) is 0 Å². The maximum Gasteiger partial charge on any atom is 0.306 e. The molecule has 1 amide bonds. The molecule has 0 saturated heterocycles. The highest BCUT2D eigenvalue weighted by Crippen LogP contribution is 2.13. The van der Waals surface area contributed by atoms with Crippen LogP contribution in [0.4, 0.5) is 0 Å². The average molecular weight is 385 g/mol. The standard InChI is InChI=1S/C22H27NO5/c1-17-5-3-6-20(15-17)27-14-4-7-22(25)28-16-21(24)23-13-12-18-8-10-19(26-2)11-9-18/h3,5-6,8-11,15H,4,7,12-14,16H2,1-2H3,(H,23,24). The van der Waals surface area contributed by atoms with E-state index in [9.17, 15) is 9.59 Å². The molecule has 6 heteroatoms. The molecule has 0 bridgehead atoms. The number of aryl methyl sites for hydroxylation is 1. The zero-order valence-electron chi connectivity index (χ0n) is 16.4. The number of carbonyl (C=O) groups is 2. The van der Waals surface area contributed by atoms with Crippen molar-refractivity contribution in [3.05, 3.63) is 59.7 Å². The Morgan fingerprint density at radius 2 is 1.82 bits per heavy atom. The summed E-state index contributed by atoms with van der Waals surface area (Å²) in [6, 6.07) is 15.4. The fourth-order valence-electron chi connectivity index (χ4n) is 2.52. The molecule has 6 nitrogen and oxygen atoms in total. The number of benzene rings is 2. The molecule has 0 aromatic heterocycles. The van der Waals surface area contributed by atoms with E-state index in [2.05, 4.69) is 5.32 Å². The number of rotatable bonds is 11. The Labute approximate surface area is 165 Å². The molecular formula is C22H27NO5. The van der Waals surface area contributed by atoms with E-state index in [4.69, 9.17) is 14.2 Å². The predicted octanol–water partition coefficient (Wildman–Crippen LogP) is 3.06. The van der Waals surface area contributed by atoms with Crippen LogP contribution in [0.1, 0.15) is 24.0 Å². The van der Waals surface area contributed by atoms with Crippen molar-refractivity contribution in [2.75, 3.05) is 26.9 Å². The summed E-state index contributed by atoms with van der Waals surface area (Å²) in [6.45, 7) is 2.63. The van der Waals surface area contributed by atoms with E-state index in [0.717, 1.165) is 22.6 Å². The SMILES string of the molecule is COc1ccc(CCNC(=O)COC(=O)CCCOc2cccc(C)c2)cc1. The maximum absolute atomic E-state index is 11.8. The topological polar surface area (TPSA) is 73.9 Å². The van der Waals surface area contributed by atoms with E-state index < -0.39 is 5.97 Å². The van der Waals surface area contributed by atoms with Gasteiger partial charge in [0.15, 0.2) is 6.61 Å². The minimum Gasteiger partial charge on any atom is -0.497 e. The lowest BCUT2D eigenvalue weighted by atomic mass is 10.1. The first kappa shape index (κ1) is 21.3. The summed E-state index contributed by atoms with van der Waals surface area (Å²) in [5, 5.41) is 2.74. The summed E-state index contributed by atoms with van der Waals surface area (Å²) in [5.74, 6) is 0.865. The number of hydrogen-bond donors (Lipinski definition) is 1. The first-order chi connectivity index (χ1) is 13.6. The van der Waals surface area contributed by atoms with Gasteiger partial charge in [-0.25, -0.2) is 0 Å². The van der Waals surface area contributed by atoms with Crippen molar-refractivity contribution >= 4 is 11.9 Å². The fraction of sp³-hybridized carbons (Fsp3) is 0.364. The molecule has 2 aromatic carbocycles. The maximum atomic E-state index is 11.8. The van der Waals surface area contributed by atoms with Gasteiger partial charge in [-0.05, 0) is 55.2 Å². The van der Waals surface area contributed by atoms with E-state index in [1.165, 1.54) is 0 Å². The van der Waals surface area contributed by atoms with Crippen LogP contribution in [0.25, 0.3) is 0 Å². The molecule has 0 aliphatic heterocycles. The van der Waals surface area contributed by atoms with E-state index in [1.54, 1.807) is 7.11 Å². The van der Waals surface area contributed by atoms with Gasteiger partial charge in [0.2, 0.25) is 0 Å². The Kier molecular flexibility index (Phi) is 8.85. The lowest BCUT2D eigenvalue weighted by Crippen LogP contribution is -2.30. The van der Waals surface area contributed by atoms with Gasteiger partial charge in [-0.1, -0.05) is 24.3 Å². The second-order valence-corrected chi connectivity index (χ2v) is 6.38. The first-order valence-electron chi connectivity index (χ1n) is 9.31.